The molecule has 2 nitrogen and oxygen atoms in total. The lowest BCUT2D eigenvalue weighted by atomic mass is 9.79. The van der Waals surface area contributed by atoms with E-state index in [1.807, 2.05) is 11.8 Å². The molecule has 0 atom stereocenters. The first-order chi connectivity index (χ1) is 7.18. The summed E-state index contributed by atoms with van der Waals surface area (Å²) in [7, 11) is 0. The summed E-state index contributed by atoms with van der Waals surface area (Å²) in [6.07, 6.45) is 4.44. The Morgan fingerprint density at radius 1 is 1.27 bits per heavy atom. The van der Waals surface area contributed by atoms with Crippen molar-refractivity contribution in [2.24, 2.45) is 5.92 Å². The van der Waals surface area contributed by atoms with E-state index >= 15 is 0 Å². The van der Waals surface area contributed by atoms with Crippen LogP contribution in [0.4, 0.5) is 0 Å². The molecule has 1 heterocycles. The van der Waals surface area contributed by atoms with Crippen LogP contribution in [0.5, 0.6) is 0 Å². The van der Waals surface area contributed by atoms with Gasteiger partial charge in [-0.2, -0.15) is 11.8 Å². The number of hydrogen-bond acceptors (Lipinski definition) is 3. The highest BCUT2D eigenvalue weighted by atomic mass is 32.2. The van der Waals surface area contributed by atoms with Gasteiger partial charge in [0, 0.05) is 31.1 Å². The molecule has 3 heteroatoms. The monoisotopic (exact) mass is 229 g/mol. The zero-order chi connectivity index (χ0) is 10.7. The Morgan fingerprint density at radius 3 is 2.47 bits per heavy atom. The fourth-order valence-electron chi connectivity index (χ4n) is 2.63. The summed E-state index contributed by atoms with van der Waals surface area (Å²) in [5.74, 6) is 3.31. The van der Waals surface area contributed by atoms with Crippen LogP contribution in [0.3, 0.4) is 0 Å². The SMILES string of the molecule is CC1CCC(O)(CN2CCSCC2)CC1. The lowest BCUT2D eigenvalue weighted by Crippen LogP contribution is -2.47. The Morgan fingerprint density at radius 2 is 1.87 bits per heavy atom. The van der Waals surface area contributed by atoms with Crippen molar-refractivity contribution < 1.29 is 5.11 Å². The molecule has 1 saturated heterocycles. The molecule has 0 bridgehead atoms. The van der Waals surface area contributed by atoms with Crippen LogP contribution in [-0.4, -0.2) is 46.7 Å². The summed E-state index contributed by atoms with van der Waals surface area (Å²) in [5.41, 5.74) is -0.367. The number of aliphatic hydroxyl groups is 1. The third-order valence-corrected chi connectivity index (χ3v) is 4.77. The van der Waals surface area contributed by atoms with Crippen molar-refractivity contribution in [3.63, 3.8) is 0 Å². The predicted molar refractivity (Wildman–Crippen MR) is 66.3 cm³/mol. The predicted octanol–water partition coefficient (Wildman–Crippen LogP) is 1.98. The Balaban J connectivity index is 1.81. The smallest absolute Gasteiger partial charge is 0.0774 e. The molecule has 0 radical (unpaired) electrons. The van der Waals surface area contributed by atoms with Crippen LogP contribution in [0, 0.1) is 5.92 Å². The summed E-state index contributed by atoms with van der Waals surface area (Å²) >= 11 is 2.04. The van der Waals surface area contributed by atoms with Crippen LogP contribution in [0.2, 0.25) is 0 Å². The number of thioether (sulfide) groups is 1. The van der Waals surface area contributed by atoms with Gasteiger partial charge in [-0.1, -0.05) is 6.92 Å². The first kappa shape index (κ1) is 11.7. The summed E-state index contributed by atoms with van der Waals surface area (Å²) in [6.45, 7) is 5.56. The van der Waals surface area contributed by atoms with Crippen molar-refractivity contribution in [3.05, 3.63) is 0 Å². The molecule has 0 aromatic heterocycles. The highest BCUT2D eigenvalue weighted by molar-refractivity contribution is 7.99. The first-order valence-electron chi connectivity index (χ1n) is 6.20. The van der Waals surface area contributed by atoms with Crippen LogP contribution in [0.25, 0.3) is 0 Å². The Bertz CT molecular complexity index is 196. The van der Waals surface area contributed by atoms with Gasteiger partial charge >= 0.3 is 0 Å². The fourth-order valence-corrected chi connectivity index (χ4v) is 3.61. The number of hydrogen-bond donors (Lipinski definition) is 1. The van der Waals surface area contributed by atoms with Gasteiger partial charge in [0.25, 0.3) is 0 Å². The number of nitrogens with zero attached hydrogens (tertiary/aromatic N) is 1. The van der Waals surface area contributed by atoms with E-state index in [0.717, 1.165) is 25.3 Å². The maximum atomic E-state index is 10.5. The van der Waals surface area contributed by atoms with E-state index in [1.54, 1.807) is 0 Å². The van der Waals surface area contributed by atoms with Crippen molar-refractivity contribution in [2.45, 2.75) is 38.2 Å². The topological polar surface area (TPSA) is 23.5 Å². The van der Waals surface area contributed by atoms with E-state index in [0.29, 0.717) is 0 Å². The highest BCUT2D eigenvalue weighted by Crippen LogP contribution is 2.32. The van der Waals surface area contributed by atoms with E-state index in [9.17, 15) is 5.11 Å². The van der Waals surface area contributed by atoms with Crippen molar-refractivity contribution >= 4 is 11.8 Å². The molecular formula is C12H23NOS. The molecule has 2 fully saturated rings. The van der Waals surface area contributed by atoms with Crippen LogP contribution >= 0.6 is 11.8 Å². The largest absolute Gasteiger partial charge is 0.389 e. The van der Waals surface area contributed by atoms with E-state index in [2.05, 4.69) is 11.8 Å². The van der Waals surface area contributed by atoms with E-state index in [4.69, 9.17) is 0 Å². The Kier molecular flexibility index (Phi) is 3.97. The maximum absolute atomic E-state index is 10.5. The minimum atomic E-state index is -0.367. The van der Waals surface area contributed by atoms with Gasteiger partial charge in [0.1, 0.15) is 0 Å². The standard InChI is InChI=1S/C12H23NOS/c1-11-2-4-12(14,5-3-11)10-13-6-8-15-9-7-13/h11,14H,2-10H2,1H3. The second-order valence-electron chi connectivity index (χ2n) is 5.30. The van der Waals surface area contributed by atoms with Gasteiger partial charge in [0.15, 0.2) is 0 Å². The van der Waals surface area contributed by atoms with Crippen LogP contribution < -0.4 is 0 Å². The molecule has 0 aromatic rings. The van der Waals surface area contributed by atoms with Gasteiger partial charge in [-0.05, 0) is 31.6 Å². The Labute approximate surface area is 97.4 Å². The molecule has 15 heavy (non-hydrogen) atoms. The van der Waals surface area contributed by atoms with Crippen LogP contribution in [0.15, 0.2) is 0 Å². The Hall–Kier alpha value is 0.270. The van der Waals surface area contributed by atoms with Gasteiger partial charge < -0.3 is 5.11 Å². The molecule has 1 saturated carbocycles. The first-order valence-corrected chi connectivity index (χ1v) is 7.36. The molecule has 2 rings (SSSR count). The quantitative estimate of drug-likeness (QED) is 0.783. The molecule has 2 aliphatic rings. The molecule has 1 N–H and O–H groups in total. The zero-order valence-corrected chi connectivity index (χ0v) is 10.6. The molecule has 1 aliphatic heterocycles. The minimum absolute atomic E-state index is 0.367. The zero-order valence-electron chi connectivity index (χ0n) is 9.74. The van der Waals surface area contributed by atoms with Gasteiger partial charge in [-0.15, -0.1) is 0 Å². The van der Waals surface area contributed by atoms with Crippen molar-refractivity contribution in [1.82, 2.24) is 4.90 Å². The van der Waals surface area contributed by atoms with Gasteiger partial charge in [0.05, 0.1) is 5.60 Å². The second kappa shape index (κ2) is 5.07. The van der Waals surface area contributed by atoms with Crippen molar-refractivity contribution in [1.29, 1.82) is 0 Å². The van der Waals surface area contributed by atoms with Crippen molar-refractivity contribution in [2.75, 3.05) is 31.1 Å². The summed E-state index contributed by atoms with van der Waals surface area (Å²) in [6, 6.07) is 0. The average molecular weight is 229 g/mol. The van der Waals surface area contributed by atoms with Crippen molar-refractivity contribution in [3.8, 4) is 0 Å². The number of rotatable bonds is 2. The molecular weight excluding hydrogens is 206 g/mol. The van der Waals surface area contributed by atoms with Gasteiger partial charge in [-0.25, -0.2) is 0 Å². The lowest BCUT2D eigenvalue weighted by Gasteiger charge is -2.39. The lowest BCUT2D eigenvalue weighted by molar-refractivity contribution is -0.0331. The molecule has 0 amide bonds. The molecule has 1 aliphatic carbocycles. The fraction of sp³-hybridized carbons (Fsp3) is 1.00. The summed E-state index contributed by atoms with van der Waals surface area (Å²) in [4.78, 5) is 2.45. The van der Waals surface area contributed by atoms with E-state index in [-0.39, 0.29) is 5.60 Å². The third-order valence-electron chi connectivity index (χ3n) is 3.83. The molecule has 88 valence electrons. The van der Waals surface area contributed by atoms with E-state index in [1.165, 1.54) is 37.4 Å². The molecule has 0 spiro atoms. The normalized spacial score (nSPS) is 39.2. The van der Waals surface area contributed by atoms with Gasteiger partial charge in [-0.3, -0.25) is 4.90 Å². The second-order valence-corrected chi connectivity index (χ2v) is 6.52. The summed E-state index contributed by atoms with van der Waals surface area (Å²) in [5, 5.41) is 10.5. The third kappa shape index (κ3) is 3.36. The van der Waals surface area contributed by atoms with Gasteiger partial charge in [0.2, 0.25) is 0 Å². The number of β-amino-alcohol motifs (C(OH)–C–C–N with tert-alkyl or cyclic N) is 1. The van der Waals surface area contributed by atoms with Crippen LogP contribution in [-0.2, 0) is 0 Å². The average Bonchev–Trinajstić information content (AvgIpc) is 2.24. The summed E-state index contributed by atoms with van der Waals surface area (Å²) < 4.78 is 0. The molecule has 0 aromatic carbocycles. The maximum Gasteiger partial charge on any atom is 0.0774 e. The minimum Gasteiger partial charge on any atom is -0.389 e. The van der Waals surface area contributed by atoms with E-state index < -0.39 is 0 Å². The highest BCUT2D eigenvalue weighted by Gasteiger charge is 2.33. The van der Waals surface area contributed by atoms with Crippen LogP contribution in [0.1, 0.15) is 32.6 Å². The molecule has 0 unspecified atom stereocenters.